The average molecular weight is 238 g/mol. The molecule has 0 saturated carbocycles. The molecule has 0 aliphatic heterocycles. The van der Waals surface area contributed by atoms with Crippen molar-refractivity contribution in [2.75, 3.05) is 0 Å². The van der Waals surface area contributed by atoms with E-state index < -0.39 is 17.2 Å². The minimum Gasteiger partial charge on any atom is -0.298 e. The Hall–Kier alpha value is -1.55. The maximum atomic E-state index is 13.3. The van der Waals surface area contributed by atoms with Gasteiger partial charge < -0.3 is 0 Å². The van der Waals surface area contributed by atoms with Gasteiger partial charge in [-0.2, -0.15) is 0 Å². The van der Waals surface area contributed by atoms with Crippen LogP contribution in [0.15, 0.2) is 24.3 Å². The highest BCUT2D eigenvalue weighted by Gasteiger charge is 2.11. The largest absolute Gasteiger partial charge is 0.298 e. The molecule has 16 heavy (non-hydrogen) atoms. The summed E-state index contributed by atoms with van der Waals surface area (Å²) < 4.78 is 26.7. The molecule has 0 spiro atoms. The highest BCUT2D eigenvalue weighted by Crippen LogP contribution is 2.29. The van der Waals surface area contributed by atoms with Crippen LogP contribution in [0.25, 0.3) is 10.4 Å². The Morgan fingerprint density at radius 2 is 1.81 bits per heavy atom. The summed E-state index contributed by atoms with van der Waals surface area (Å²) in [6.45, 7) is 1.92. The summed E-state index contributed by atoms with van der Waals surface area (Å²) in [7, 11) is 0. The molecule has 0 fully saturated rings. The number of thiophene rings is 1. The molecule has 4 heteroatoms. The lowest BCUT2D eigenvalue weighted by atomic mass is 10.1. The smallest absolute Gasteiger partial charge is 0.155 e. The molecular weight excluding hydrogens is 230 g/mol. The minimum absolute atomic E-state index is 0.189. The van der Waals surface area contributed by atoms with Crippen molar-refractivity contribution in [1.82, 2.24) is 0 Å². The van der Waals surface area contributed by atoms with Gasteiger partial charge in [-0.05, 0) is 36.8 Å². The molecular formula is C12H8F2OS. The van der Waals surface area contributed by atoms with E-state index in [-0.39, 0.29) is 6.29 Å². The van der Waals surface area contributed by atoms with Crippen molar-refractivity contribution < 1.29 is 13.6 Å². The fraction of sp³-hybridized carbons (Fsp3) is 0.0833. The van der Waals surface area contributed by atoms with Crippen molar-refractivity contribution in [3.8, 4) is 10.4 Å². The first kappa shape index (κ1) is 11.0. The Morgan fingerprint density at radius 3 is 2.25 bits per heavy atom. The van der Waals surface area contributed by atoms with Gasteiger partial charge in [0.1, 0.15) is 11.6 Å². The van der Waals surface area contributed by atoms with Crippen LogP contribution in [-0.2, 0) is 0 Å². The van der Waals surface area contributed by atoms with Crippen molar-refractivity contribution in [1.29, 1.82) is 0 Å². The van der Waals surface area contributed by atoms with Gasteiger partial charge >= 0.3 is 0 Å². The number of hydrogen-bond acceptors (Lipinski definition) is 2. The minimum atomic E-state index is -0.823. The van der Waals surface area contributed by atoms with E-state index in [2.05, 4.69) is 0 Å². The van der Waals surface area contributed by atoms with Gasteiger partial charge in [0.05, 0.1) is 5.56 Å². The molecule has 0 radical (unpaired) electrons. The van der Waals surface area contributed by atoms with E-state index in [1.54, 1.807) is 6.07 Å². The molecule has 1 aromatic carbocycles. The molecule has 1 heterocycles. The second-order valence-electron chi connectivity index (χ2n) is 3.38. The number of halogens is 2. The lowest BCUT2D eigenvalue weighted by molar-refractivity contribution is 0.111. The number of rotatable bonds is 2. The molecule has 0 amide bonds. The Kier molecular flexibility index (Phi) is 2.83. The summed E-state index contributed by atoms with van der Waals surface area (Å²) in [4.78, 5) is 12.3. The van der Waals surface area contributed by atoms with E-state index in [4.69, 9.17) is 0 Å². The Balaban J connectivity index is 2.56. The first-order chi connectivity index (χ1) is 7.61. The van der Waals surface area contributed by atoms with Crippen LogP contribution < -0.4 is 0 Å². The van der Waals surface area contributed by atoms with Gasteiger partial charge in [-0.25, -0.2) is 8.78 Å². The highest BCUT2D eigenvalue weighted by atomic mass is 32.1. The molecule has 2 rings (SSSR count). The topological polar surface area (TPSA) is 17.1 Å². The Labute approximate surface area is 95.4 Å². The zero-order chi connectivity index (χ0) is 11.7. The summed E-state index contributed by atoms with van der Waals surface area (Å²) in [5, 5.41) is 0. The summed E-state index contributed by atoms with van der Waals surface area (Å²) in [5.74, 6) is -1.65. The van der Waals surface area contributed by atoms with E-state index in [1.165, 1.54) is 23.5 Å². The highest BCUT2D eigenvalue weighted by molar-refractivity contribution is 7.15. The molecule has 0 bridgehead atoms. The van der Waals surface area contributed by atoms with Crippen LogP contribution in [0.5, 0.6) is 0 Å². The summed E-state index contributed by atoms with van der Waals surface area (Å²) in [6, 6.07) is 6.04. The maximum absolute atomic E-state index is 13.3. The fourth-order valence-corrected chi connectivity index (χ4v) is 2.28. The zero-order valence-corrected chi connectivity index (χ0v) is 9.28. The van der Waals surface area contributed by atoms with E-state index in [0.29, 0.717) is 5.56 Å². The second-order valence-corrected chi connectivity index (χ2v) is 4.67. The number of carbonyl (C=O) groups is 1. The number of aldehydes is 1. The zero-order valence-electron chi connectivity index (χ0n) is 8.46. The lowest BCUT2D eigenvalue weighted by Gasteiger charge is -2.01. The van der Waals surface area contributed by atoms with Gasteiger partial charge in [-0.3, -0.25) is 4.79 Å². The first-order valence-corrected chi connectivity index (χ1v) is 5.44. The van der Waals surface area contributed by atoms with Crippen LogP contribution in [0.2, 0.25) is 0 Å². The standard InChI is InChI=1S/C12H8F2OS/c1-7-2-3-12(16-7)8-4-10(13)9(6-15)11(14)5-8/h2-6H,1H3. The van der Waals surface area contributed by atoms with Gasteiger partial charge in [-0.1, -0.05) is 0 Å². The van der Waals surface area contributed by atoms with Crippen molar-refractivity contribution in [3.05, 3.63) is 46.3 Å². The maximum Gasteiger partial charge on any atom is 0.155 e. The van der Waals surface area contributed by atoms with Crippen molar-refractivity contribution in [2.24, 2.45) is 0 Å². The third kappa shape index (κ3) is 1.88. The molecule has 0 aliphatic rings. The van der Waals surface area contributed by atoms with Crippen LogP contribution in [0.1, 0.15) is 15.2 Å². The Bertz CT molecular complexity index is 523. The lowest BCUT2D eigenvalue weighted by Crippen LogP contribution is -1.94. The predicted molar refractivity (Wildman–Crippen MR) is 59.8 cm³/mol. The number of benzene rings is 1. The molecule has 2 aromatic rings. The molecule has 1 nitrogen and oxygen atoms in total. The summed E-state index contributed by atoms with van der Waals surface area (Å²) in [6.07, 6.45) is 0.189. The van der Waals surface area contributed by atoms with Gasteiger partial charge in [0.25, 0.3) is 0 Å². The van der Waals surface area contributed by atoms with Crippen molar-refractivity contribution >= 4 is 17.6 Å². The molecule has 82 valence electrons. The van der Waals surface area contributed by atoms with Crippen LogP contribution in [0, 0.1) is 18.6 Å². The van der Waals surface area contributed by atoms with E-state index in [0.717, 1.165) is 9.75 Å². The second kappa shape index (κ2) is 4.14. The number of aryl methyl sites for hydroxylation is 1. The monoisotopic (exact) mass is 238 g/mol. The van der Waals surface area contributed by atoms with Gasteiger partial charge in [0.15, 0.2) is 6.29 Å². The molecule has 1 aromatic heterocycles. The van der Waals surface area contributed by atoms with Crippen LogP contribution >= 0.6 is 11.3 Å². The third-order valence-corrected chi connectivity index (χ3v) is 3.27. The van der Waals surface area contributed by atoms with E-state index in [1.807, 2.05) is 13.0 Å². The van der Waals surface area contributed by atoms with Crippen molar-refractivity contribution in [2.45, 2.75) is 6.92 Å². The summed E-state index contributed by atoms with van der Waals surface area (Å²) in [5.41, 5.74) is -0.0595. The first-order valence-electron chi connectivity index (χ1n) is 4.63. The van der Waals surface area contributed by atoms with Crippen LogP contribution in [0.4, 0.5) is 8.78 Å². The van der Waals surface area contributed by atoms with Crippen LogP contribution in [0.3, 0.4) is 0 Å². The van der Waals surface area contributed by atoms with Gasteiger partial charge in [0, 0.05) is 9.75 Å². The van der Waals surface area contributed by atoms with Crippen molar-refractivity contribution in [3.63, 3.8) is 0 Å². The molecule has 0 unspecified atom stereocenters. The normalized spacial score (nSPS) is 10.4. The average Bonchev–Trinajstić information content (AvgIpc) is 2.64. The Morgan fingerprint density at radius 1 is 1.19 bits per heavy atom. The SMILES string of the molecule is Cc1ccc(-c2cc(F)c(C=O)c(F)c2)s1. The molecule has 0 saturated heterocycles. The molecule has 0 atom stereocenters. The van der Waals surface area contributed by atoms with Crippen LogP contribution in [-0.4, -0.2) is 6.29 Å². The van der Waals surface area contributed by atoms with E-state index in [9.17, 15) is 13.6 Å². The number of carbonyl (C=O) groups excluding carboxylic acids is 1. The van der Waals surface area contributed by atoms with E-state index >= 15 is 0 Å². The van der Waals surface area contributed by atoms with Gasteiger partial charge in [0.2, 0.25) is 0 Å². The third-order valence-electron chi connectivity index (χ3n) is 2.22. The van der Waals surface area contributed by atoms with Gasteiger partial charge in [-0.15, -0.1) is 11.3 Å². The molecule has 0 aliphatic carbocycles. The summed E-state index contributed by atoms with van der Waals surface area (Å²) >= 11 is 1.45. The quantitative estimate of drug-likeness (QED) is 0.727. The predicted octanol–water partition coefficient (Wildman–Crippen LogP) is 3.81. The fourth-order valence-electron chi connectivity index (χ4n) is 1.43. The number of hydrogen-bond donors (Lipinski definition) is 0. The molecule has 0 N–H and O–H groups in total.